The Kier molecular flexibility index (Phi) is 8.35. The molecule has 2 aromatic carbocycles. The van der Waals surface area contributed by atoms with Crippen LogP contribution in [-0.4, -0.2) is 39.0 Å². The predicted octanol–water partition coefficient (Wildman–Crippen LogP) is 4.82. The number of carbonyl (C=O) groups excluding carboxylic acids is 2. The summed E-state index contributed by atoms with van der Waals surface area (Å²) in [7, 11) is 1.83. The fourth-order valence-corrected chi connectivity index (χ4v) is 3.97. The second-order valence-corrected chi connectivity index (χ2v) is 8.58. The minimum absolute atomic E-state index is 0.150. The summed E-state index contributed by atoms with van der Waals surface area (Å²) in [6.45, 7) is 5.87. The lowest BCUT2D eigenvalue weighted by Gasteiger charge is -2.16. The van der Waals surface area contributed by atoms with Gasteiger partial charge in [0, 0.05) is 17.8 Å². The Balaban J connectivity index is 1.55. The van der Waals surface area contributed by atoms with E-state index in [1.54, 1.807) is 37.3 Å². The van der Waals surface area contributed by atoms with E-state index in [1.807, 2.05) is 37.6 Å². The first-order valence-electron chi connectivity index (χ1n) is 10.3. The molecule has 0 radical (unpaired) electrons. The highest BCUT2D eigenvalue weighted by Gasteiger charge is 2.19. The minimum Gasteiger partial charge on any atom is -0.482 e. The van der Waals surface area contributed by atoms with Gasteiger partial charge in [0.05, 0.1) is 17.9 Å². The number of thioether (sulfide) groups is 1. The first-order valence-corrected chi connectivity index (χ1v) is 11.7. The molecule has 1 aromatic heterocycles. The second kappa shape index (κ2) is 11.2. The van der Waals surface area contributed by atoms with E-state index >= 15 is 0 Å². The van der Waals surface area contributed by atoms with Crippen LogP contribution in [-0.2, 0) is 16.6 Å². The zero-order chi connectivity index (χ0) is 24.0. The zero-order valence-electron chi connectivity index (χ0n) is 18.8. The van der Waals surface area contributed by atoms with Crippen molar-refractivity contribution in [3.05, 3.63) is 64.4 Å². The van der Waals surface area contributed by atoms with Crippen LogP contribution in [0.4, 0.5) is 5.69 Å². The standard InChI is InChI=1S/C23H25ClN4O4S/c1-5-31-22(30)16-6-9-18(10-7-16)25-20(29)13-33-23-27-26-21(28(23)4)15(3)32-19-11-8-17(24)12-14(19)2/h6-12,15H,5,13H2,1-4H3,(H,25,29). The summed E-state index contributed by atoms with van der Waals surface area (Å²) in [5.41, 5.74) is 1.95. The van der Waals surface area contributed by atoms with Crippen LogP contribution >= 0.6 is 23.4 Å². The molecule has 0 bridgehead atoms. The first kappa shape index (κ1) is 24.6. The monoisotopic (exact) mass is 488 g/mol. The summed E-state index contributed by atoms with van der Waals surface area (Å²) >= 11 is 7.27. The lowest BCUT2D eigenvalue weighted by Crippen LogP contribution is -2.15. The van der Waals surface area contributed by atoms with E-state index in [9.17, 15) is 9.59 Å². The van der Waals surface area contributed by atoms with E-state index in [4.69, 9.17) is 21.1 Å². The quantitative estimate of drug-likeness (QED) is 0.340. The molecule has 8 nitrogen and oxygen atoms in total. The molecule has 0 aliphatic heterocycles. The van der Waals surface area contributed by atoms with Crippen molar-refractivity contribution in [2.24, 2.45) is 7.05 Å². The van der Waals surface area contributed by atoms with Crippen LogP contribution in [0.2, 0.25) is 5.02 Å². The summed E-state index contributed by atoms with van der Waals surface area (Å²) in [6, 6.07) is 12.0. The first-order chi connectivity index (χ1) is 15.8. The number of ether oxygens (including phenoxy) is 2. The maximum Gasteiger partial charge on any atom is 0.338 e. The number of esters is 1. The van der Waals surface area contributed by atoms with Crippen molar-refractivity contribution in [3.8, 4) is 5.75 Å². The molecule has 0 spiro atoms. The predicted molar refractivity (Wildman–Crippen MR) is 128 cm³/mol. The van der Waals surface area contributed by atoms with E-state index in [-0.39, 0.29) is 17.8 Å². The number of aryl methyl sites for hydroxylation is 1. The molecule has 0 aliphatic rings. The Bertz CT molecular complexity index is 1130. The Morgan fingerprint density at radius 3 is 2.58 bits per heavy atom. The molecule has 1 unspecified atom stereocenters. The highest BCUT2D eigenvalue weighted by Crippen LogP contribution is 2.27. The number of nitrogens with one attached hydrogen (secondary N) is 1. The van der Waals surface area contributed by atoms with Crippen LogP contribution in [0.25, 0.3) is 0 Å². The number of anilines is 1. The number of nitrogens with zero attached hydrogens (tertiary/aromatic N) is 3. The molecular formula is C23H25ClN4O4S. The van der Waals surface area contributed by atoms with Crippen molar-refractivity contribution in [1.29, 1.82) is 0 Å². The van der Waals surface area contributed by atoms with Crippen molar-refractivity contribution >= 4 is 40.9 Å². The van der Waals surface area contributed by atoms with Gasteiger partial charge in [-0.25, -0.2) is 4.79 Å². The second-order valence-electron chi connectivity index (χ2n) is 7.20. The molecule has 0 saturated carbocycles. The van der Waals surface area contributed by atoms with Gasteiger partial charge < -0.3 is 19.4 Å². The molecule has 174 valence electrons. The van der Waals surface area contributed by atoms with Gasteiger partial charge in [0.25, 0.3) is 0 Å². The van der Waals surface area contributed by atoms with E-state index in [2.05, 4.69) is 15.5 Å². The van der Waals surface area contributed by atoms with Crippen molar-refractivity contribution in [2.75, 3.05) is 17.7 Å². The molecule has 3 aromatic rings. The van der Waals surface area contributed by atoms with Gasteiger partial charge in [0.15, 0.2) is 17.1 Å². The topological polar surface area (TPSA) is 95.3 Å². The summed E-state index contributed by atoms with van der Waals surface area (Å²) in [5, 5.41) is 12.5. The van der Waals surface area contributed by atoms with Crippen molar-refractivity contribution < 1.29 is 19.1 Å². The van der Waals surface area contributed by atoms with Crippen LogP contribution in [0.5, 0.6) is 5.75 Å². The van der Waals surface area contributed by atoms with E-state index in [0.29, 0.717) is 33.9 Å². The zero-order valence-corrected chi connectivity index (χ0v) is 20.4. The number of hydrogen-bond acceptors (Lipinski definition) is 7. The molecule has 1 amide bonds. The van der Waals surface area contributed by atoms with Crippen LogP contribution in [0.15, 0.2) is 47.6 Å². The Morgan fingerprint density at radius 1 is 1.18 bits per heavy atom. The number of benzene rings is 2. The van der Waals surface area contributed by atoms with Crippen LogP contribution in [0.3, 0.4) is 0 Å². The lowest BCUT2D eigenvalue weighted by molar-refractivity contribution is -0.113. The molecule has 0 aliphatic carbocycles. The SMILES string of the molecule is CCOC(=O)c1ccc(NC(=O)CSc2nnc(C(C)Oc3ccc(Cl)cc3C)n2C)cc1. The maximum absolute atomic E-state index is 12.3. The molecule has 1 atom stereocenters. The molecule has 1 heterocycles. The van der Waals surface area contributed by atoms with Crippen molar-refractivity contribution in [3.63, 3.8) is 0 Å². The van der Waals surface area contributed by atoms with Gasteiger partial charge in [-0.15, -0.1) is 10.2 Å². The third kappa shape index (κ3) is 6.49. The molecule has 1 N–H and O–H groups in total. The Morgan fingerprint density at radius 2 is 1.91 bits per heavy atom. The van der Waals surface area contributed by atoms with Gasteiger partial charge in [-0.2, -0.15) is 0 Å². The van der Waals surface area contributed by atoms with Crippen LogP contribution in [0.1, 0.15) is 41.7 Å². The minimum atomic E-state index is -0.395. The lowest BCUT2D eigenvalue weighted by atomic mass is 10.2. The average molecular weight is 489 g/mol. The van der Waals surface area contributed by atoms with E-state index < -0.39 is 5.97 Å². The molecular weight excluding hydrogens is 464 g/mol. The molecule has 0 saturated heterocycles. The fourth-order valence-electron chi connectivity index (χ4n) is 3.03. The molecule has 33 heavy (non-hydrogen) atoms. The third-order valence-electron chi connectivity index (χ3n) is 4.69. The van der Waals surface area contributed by atoms with Gasteiger partial charge >= 0.3 is 5.97 Å². The Hall–Kier alpha value is -3.04. The Labute approximate surface area is 201 Å². The molecule has 10 heteroatoms. The summed E-state index contributed by atoms with van der Waals surface area (Å²) in [5.74, 6) is 0.916. The van der Waals surface area contributed by atoms with Gasteiger partial charge in [-0.1, -0.05) is 23.4 Å². The van der Waals surface area contributed by atoms with Gasteiger partial charge in [-0.05, 0) is 68.8 Å². The third-order valence-corrected chi connectivity index (χ3v) is 5.94. The van der Waals surface area contributed by atoms with Gasteiger partial charge in [0.2, 0.25) is 5.91 Å². The average Bonchev–Trinajstić information content (AvgIpc) is 3.15. The number of carbonyl (C=O) groups is 2. The molecule has 3 rings (SSSR count). The summed E-state index contributed by atoms with van der Waals surface area (Å²) in [4.78, 5) is 24.1. The van der Waals surface area contributed by atoms with Gasteiger partial charge in [-0.3, -0.25) is 4.79 Å². The molecule has 0 fully saturated rings. The highest BCUT2D eigenvalue weighted by atomic mass is 35.5. The van der Waals surface area contributed by atoms with Gasteiger partial charge in [0.1, 0.15) is 5.75 Å². The van der Waals surface area contributed by atoms with Crippen molar-refractivity contribution in [1.82, 2.24) is 14.8 Å². The number of amides is 1. The van der Waals surface area contributed by atoms with Crippen LogP contribution in [0, 0.1) is 6.92 Å². The van der Waals surface area contributed by atoms with E-state index in [1.165, 1.54) is 11.8 Å². The summed E-state index contributed by atoms with van der Waals surface area (Å²) < 4.78 is 12.8. The number of aromatic nitrogens is 3. The normalized spacial score (nSPS) is 11.7. The van der Waals surface area contributed by atoms with Crippen molar-refractivity contribution in [2.45, 2.75) is 32.0 Å². The number of halogens is 1. The number of rotatable bonds is 9. The number of hydrogen-bond donors (Lipinski definition) is 1. The maximum atomic E-state index is 12.3. The van der Waals surface area contributed by atoms with E-state index in [0.717, 1.165) is 11.3 Å². The fraction of sp³-hybridized carbons (Fsp3) is 0.304. The highest BCUT2D eigenvalue weighted by molar-refractivity contribution is 7.99. The summed E-state index contributed by atoms with van der Waals surface area (Å²) in [6.07, 6.45) is -0.344. The smallest absolute Gasteiger partial charge is 0.338 e. The van der Waals surface area contributed by atoms with Crippen LogP contribution < -0.4 is 10.1 Å². The largest absolute Gasteiger partial charge is 0.482 e.